The van der Waals surface area contributed by atoms with Gasteiger partial charge in [-0.25, -0.2) is 0 Å². The number of unbranched alkanes of at least 4 members (excludes halogenated alkanes) is 2. The molecule has 0 radical (unpaired) electrons. The van der Waals surface area contributed by atoms with Crippen molar-refractivity contribution in [1.82, 2.24) is 0 Å². The predicted octanol–water partition coefficient (Wildman–Crippen LogP) is 5.37. The molecule has 26 heavy (non-hydrogen) atoms. The molecule has 2 unspecified atom stereocenters. The quantitative estimate of drug-likeness (QED) is 0.265. The molecule has 0 N–H and O–H groups in total. The van der Waals surface area contributed by atoms with Crippen molar-refractivity contribution in [1.29, 1.82) is 0 Å². The second kappa shape index (κ2) is 14.6. The number of carbonyl (C=O) groups excluding carboxylic acids is 2. The summed E-state index contributed by atoms with van der Waals surface area (Å²) in [7, 11) is 0. The highest BCUT2D eigenvalue weighted by Crippen LogP contribution is 2.32. The van der Waals surface area contributed by atoms with E-state index < -0.39 is 0 Å². The molecule has 1 saturated carbocycles. The largest absolute Gasteiger partial charge is 0.465 e. The topological polar surface area (TPSA) is 52.6 Å². The van der Waals surface area contributed by atoms with Crippen LogP contribution in [-0.2, 0) is 19.1 Å². The molecule has 0 amide bonds. The molecule has 0 aromatic carbocycles. The Balaban J connectivity index is 2.35. The van der Waals surface area contributed by atoms with E-state index in [1.165, 1.54) is 0 Å². The van der Waals surface area contributed by atoms with Gasteiger partial charge >= 0.3 is 11.9 Å². The summed E-state index contributed by atoms with van der Waals surface area (Å²) in [4.78, 5) is 24.8. The lowest BCUT2D eigenvalue weighted by Crippen LogP contribution is -2.35. The van der Waals surface area contributed by atoms with Gasteiger partial charge in [0.05, 0.1) is 25.0 Å². The molecule has 0 aliphatic heterocycles. The van der Waals surface area contributed by atoms with E-state index in [1.54, 1.807) is 0 Å². The first-order chi connectivity index (χ1) is 12.7. The first-order valence-corrected chi connectivity index (χ1v) is 10.3. The summed E-state index contributed by atoms with van der Waals surface area (Å²) in [5, 5.41) is 0. The van der Waals surface area contributed by atoms with Gasteiger partial charge in [-0.2, -0.15) is 0 Å². The standard InChI is InChI=1S/C22H36O4/c1-3-5-7-9-13-17-25-21(23)19-15-11-12-16-20(19)22(24)26-18-14-10-8-6-4-2/h5-8,19-20H,3-4,9-18H2,1-2H3/b7-5+,8-6+. The fourth-order valence-corrected chi connectivity index (χ4v) is 3.23. The summed E-state index contributed by atoms with van der Waals surface area (Å²) in [6.45, 7) is 5.05. The smallest absolute Gasteiger partial charge is 0.309 e. The second-order valence-corrected chi connectivity index (χ2v) is 6.88. The molecule has 1 rings (SSSR count). The third kappa shape index (κ3) is 9.21. The summed E-state index contributed by atoms with van der Waals surface area (Å²) in [6.07, 6.45) is 17.4. The Kier molecular flexibility index (Phi) is 12.6. The van der Waals surface area contributed by atoms with E-state index in [0.29, 0.717) is 13.2 Å². The van der Waals surface area contributed by atoms with E-state index in [1.807, 2.05) is 0 Å². The maximum Gasteiger partial charge on any atom is 0.309 e. The fraction of sp³-hybridized carbons (Fsp3) is 0.727. The summed E-state index contributed by atoms with van der Waals surface area (Å²) in [6, 6.07) is 0. The zero-order valence-electron chi connectivity index (χ0n) is 16.6. The number of rotatable bonds is 12. The first kappa shape index (κ1) is 22.5. The van der Waals surface area contributed by atoms with Gasteiger partial charge in [0.2, 0.25) is 0 Å². The van der Waals surface area contributed by atoms with E-state index >= 15 is 0 Å². The molecule has 2 atom stereocenters. The Morgan fingerprint density at radius 2 is 1.19 bits per heavy atom. The van der Waals surface area contributed by atoms with Crippen LogP contribution in [0.5, 0.6) is 0 Å². The van der Waals surface area contributed by atoms with E-state index in [9.17, 15) is 9.59 Å². The van der Waals surface area contributed by atoms with Crippen LogP contribution in [0.4, 0.5) is 0 Å². The van der Waals surface area contributed by atoms with Gasteiger partial charge in [0.15, 0.2) is 0 Å². The number of esters is 2. The van der Waals surface area contributed by atoms with Crippen molar-refractivity contribution in [3.63, 3.8) is 0 Å². The lowest BCUT2D eigenvalue weighted by molar-refractivity contribution is -0.163. The Labute approximate surface area is 159 Å². The predicted molar refractivity (Wildman–Crippen MR) is 105 cm³/mol. The average molecular weight is 365 g/mol. The van der Waals surface area contributed by atoms with Crippen LogP contribution in [0, 0.1) is 11.8 Å². The third-order valence-electron chi connectivity index (χ3n) is 4.70. The monoisotopic (exact) mass is 364 g/mol. The number of ether oxygens (including phenoxy) is 2. The van der Waals surface area contributed by atoms with Crippen molar-refractivity contribution >= 4 is 11.9 Å². The molecule has 1 aliphatic carbocycles. The molecule has 4 nitrogen and oxygen atoms in total. The number of hydrogen-bond acceptors (Lipinski definition) is 4. The molecule has 0 aromatic heterocycles. The van der Waals surface area contributed by atoms with E-state index in [4.69, 9.17) is 9.47 Å². The van der Waals surface area contributed by atoms with Crippen molar-refractivity contribution in [2.24, 2.45) is 11.8 Å². The van der Waals surface area contributed by atoms with Gasteiger partial charge in [0, 0.05) is 0 Å². The van der Waals surface area contributed by atoms with Gasteiger partial charge in [0.1, 0.15) is 0 Å². The third-order valence-corrected chi connectivity index (χ3v) is 4.70. The van der Waals surface area contributed by atoms with Crippen LogP contribution < -0.4 is 0 Å². The fourth-order valence-electron chi connectivity index (χ4n) is 3.23. The molecule has 0 spiro atoms. The van der Waals surface area contributed by atoms with Crippen LogP contribution in [0.25, 0.3) is 0 Å². The maximum absolute atomic E-state index is 12.4. The minimum absolute atomic E-state index is 0.225. The molecule has 0 heterocycles. The number of hydrogen-bond donors (Lipinski definition) is 0. The number of allylic oxidation sites excluding steroid dienone is 4. The highest BCUT2D eigenvalue weighted by Gasteiger charge is 2.37. The molecule has 1 fully saturated rings. The minimum atomic E-state index is -0.331. The van der Waals surface area contributed by atoms with Gasteiger partial charge in [-0.15, -0.1) is 0 Å². The molecule has 0 bridgehead atoms. The van der Waals surface area contributed by atoms with Crippen molar-refractivity contribution in [3.8, 4) is 0 Å². The molecular weight excluding hydrogens is 328 g/mol. The minimum Gasteiger partial charge on any atom is -0.465 e. The van der Waals surface area contributed by atoms with E-state index in [-0.39, 0.29) is 23.8 Å². The summed E-state index contributed by atoms with van der Waals surface area (Å²) in [5.41, 5.74) is 0. The Morgan fingerprint density at radius 1 is 0.769 bits per heavy atom. The van der Waals surface area contributed by atoms with Crippen LogP contribution >= 0.6 is 0 Å². The summed E-state index contributed by atoms with van der Waals surface area (Å²) in [5.74, 6) is -1.11. The van der Waals surface area contributed by atoms with Crippen LogP contribution in [0.3, 0.4) is 0 Å². The lowest BCUT2D eigenvalue weighted by Gasteiger charge is -2.28. The molecule has 148 valence electrons. The zero-order valence-corrected chi connectivity index (χ0v) is 16.6. The van der Waals surface area contributed by atoms with Crippen LogP contribution in [-0.4, -0.2) is 25.2 Å². The molecule has 4 heteroatoms. The Morgan fingerprint density at radius 3 is 1.58 bits per heavy atom. The Bertz CT molecular complexity index is 411. The van der Waals surface area contributed by atoms with E-state index in [2.05, 4.69) is 38.2 Å². The highest BCUT2D eigenvalue weighted by atomic mass is 16.5. The van der Waals surface area contributed by atoms with Crippen molar-refractivity contribution in [2.45, 2.75) is 78.1 Å². The summed E-state index contributed by atoms with van der Waals surface area (Å²) < 4.78 is 10.8. The lowest BCUT2D eigenvalue weighted by atomic mass is 9.79. The van der Waals surface area contributed by atoms with Crippen molar-refractivity contribution in [2.75, 3.05) is 13.2 Å². The van der Waals surface area contributed by atoms with Gasteiger partial charge in [0.25, 0.3) is 0 Å². The molecule has 1 aliphatic rings. The maximum atomic E-state index is 12.4. The van der Waals surface area contributed by atoms with Crippen LogP contribution in [0.15, 0.2) is 24.3 Å². The summed E-state index contributed by atoms with van der Waals surface area (Å²) >= 11 is 0. The normalized spacial score (nSPS) is 20.5. The highest BCUT2D eigenvalue weighted by molar-refractivity contribution is 5.82. The van der Waals surface area contributed by atoms with Crippen LogP contribution in [0.1, 0.15) is 78.1 Å². The molecule has 0 aromatic rings. The molecule has 0 saturated heterocycles. The van der Waals surface area contributed by atoms with Crippen LogP contribution in [0.2, 0.25) is 0 Å². The SMILES string of the molecule is CC/C=C/CCCOC(=O)C1CCCCC1C(=O)OCCC/C=C/CC. The van der Waals surface area contributed by atoms with Gasteiger partial charge < -0.3 is 9.47 Å². The van der Waals surface area contributed by atoms with Gasteiger partial charge in [-0.05, 0) is 51.4 Å². The first-order valence-electron chi connectivity index (χ1n) is 10.3. The Hall–Kier alpha value is -1.58. The zero-order chi connectivity index (χ0) is 19.0. The van der Waals surface area contributed by atoms with Gasteiger partial charge in [-0.3, -0.25) is 9.59 Å². The number of carbonyl (C=O) groups is 2. The molecular formula is C22H36O4. The van der Waals surface area contributed by atoms with Gasteiger partial charge in [-0.1, -0.05) is 51.0 Å². The van der Waals surface area contributed by atoms with Crippen molar-refractivity contribution < 1.29 is 19.1 Å². The average Bonchev–Trinajstić information content (AvgIpc) is 2.67. The second-order valence-electron chi connectivity index (χ2n) is 6.88. The van der Waals surface area contributed by atoms with Crippen molar-refractivity contribution in [3.05, 3.63) is 24.3 Å². The van der Waals surface area contributed by atoms with E-state index in [0.717, 1.165) is 64.2 Å².